The summed E-state index contributed by atoms with van der Waals surface area (Å²) in [5.74, 6) is 1.02. The zero-order valence-corrected chi connectivity index (χ0v) is 13.2. The Morgan fingerprint density at radius 2 is 1.95 bits per heavy atom. The van der Waals surface area contributed by atoms with E-state index in [0.29, 0.717) is 6.04 Å². The molecule has 2 aliphatic rings. The summed E-state index contributed by atoms with van der Waals surface area (Å²) in [5.41, 5.74) is 1.32. The van der Waals surface area contributed by atoms with Crippen LogP contribution in [0.5, 0.6) is 5.75 Å². The third-order valence-corrected chi connectivity index (χ3v) is 4.89. The molecule has 0 aromatic heterocycles. The van der Waals surface area contributed by atoms with Crippen molar-refractivity contribution >= 4 is 0 Å². The Kier molecular flexibility index (Phi) is 4.78. The predicted molar refractivity (Wildman–Crippen MR) is 86.0 cm³/mol. The van der Waals surface area contributed by atoms with Crippen molar-refractivity contribution in [1.82, 2.24) is 15.1 Å². The molecule has 3 rings (SSSR count). The molecule has 0 aliphatic carbocycles. The van der Waals surface area contributed by atoms with E-state index < -0.39 is 0 Å². The third kappa shape index (κ3) is 3.39. The van der Waals surface area contributed by atoms with E-state index in [-0.39, 0.29) is 0 Å². The lowest BCUT2D eigenvalue weighted by molar-refractivity contribution is 0.00417. The monoisotopic (exact) mass is 289 g/mol. The van der Waals surface area contributed by atoms with Crippen LogP contribution in [0.1, 0.15) is 12.5 Å². The van der Waals surface area contributed by atoms with Gasteiger partial charge in [0, 0.05) is 51.4 Å². The molecular formula is C17H27N3O. The maximum absolute atomic E-state index is 5.46. The van der Waals surface area contributed by atoms with Crippen molar-refractivity contribution in [3.8, 4) is 5.75 Å². The summed E-state index contributed by atoms with van der Waals surface area (Å²) >= 11 is 0. The molecule has 2 saturated heterocycles. The van der Waals surface area contributed by atoms with Crippen LogP contribution >= 0.6 is 0 Å². The molecule has 2 fully saturated rings. The number of ether oxygens (including phenoxy) is 1. The lowest BCUT2D eigenvalue weighted by atomic mass is 9.98. The Hall–Kier alpha value is -1.10. The molecule has 116 valence electrons. The van der Waals surface area contributed by atoms with E-state index in [1.54, 1.807) is 7.11 Å². The molecule has 0 amide bonds. The smallest absolute Gasteiger partial charge is 0.122 e. The maximum Gasteiger partial charge on any atom is 0.122 e. The van der Waals surface area contributed by atoms with Crippen LogP contribution < -0.4 is 10.1 Å². The van der Waals surface area contributed by atoms with Gasteiger partial charge in [-0.15, -0.1) is 0 Å². The first kappa shape index (κ1) is 14.8. The summed E-state index contributed by atoms with van der Waals surface area (Å²) in [6.45, 7) is 9.48. The van der Waals surface area contributed by atoms with Crippen molar-refractivity contribution in [3.05, 3.63) is 29.8 Å². The van der Waals surface area contributed by atoms with Gasteiger partial charge in [-0.2, -0.15) is 0 Å². The topological polar surface area (TPSA) is 27.7 Å². The minimum atomic E-state index is 0.584. The molecule has 1 aromatic rings. The van der Waals surface area contributed by atoms with E-state index in [0.717, 1.165) is 31.3 Å². The first-order chi connectivity index (χ1) is 10.3. The summed E-state index contributed by atoms with van der Waals surface area (Å²) in [6.07, 6.45) is 1.07. The molecule has 0 spiro atoms. The quantitative estimate of drug-likeness (QED) is 0.882. The predicted octanol–water partition coefficient (Wildman–Crippen LogP) is 1.22. The second-order valence-electron chi connectivity index (χ2n) is 6.26. The van der Waals surface area contributed by atoms with Gasteiger partial charge in [0.2, 0.25) is 0 Å². The molecule has 1 N–H and O–H groups in total. The van der Waals surface area contributed by atoms with Gasteiger partial charge in [0.25, 0.3) is 0 Å². The second-order valence-corrected chi connectivity index (χ2v) is 6.26. The molecule has 1 unspecified atom stereocenters. The van der Waals surface area contributed by atoms with Crippen LogP contribution in [0.15, 0.2) is 24.3 Å². The van der Waals surface area contributed by atoms with Gasteiger partial charge < -0.3 is 10.1 Å². The van der Waals surface area contributed by atoms with Crippen LogP contribution in [0.4, 0.5) is 0 Å². The number of benzene rings is 1. The molecule has 2 heterocycles. The maximum atomic E-state index is 5.46. The van der Waals surface area contributed by atoms with Crippen molar-refractivity contribution in [1.29, 1.82) is 0 Å². The van der Waals surface area contributed by atoms with Crippen molar-refractivity contribution in [2.75, 3.05) is 46.4 Å². The molecule has 0 bridgehead atoms. The van der Waals surface area contributed by atoms with Crippen LogP contribution in [-0.4, -0.2) is 68.3 Å². The van der Waals surface area contributed by atoms with E-state index in [1.807, 2.05) is 6.07 Å². The van der Waals surface area contributed by atoms with Crippen molar-refractivity contribution in [3.63, 3.8) is 0 Å². The Labute approximate surface area is 128 Å². The average molecular weight is 289 g/mol. The van der Waals surface area contributed by atoms with Crippen LogP contribution in [0, 0.1) is 0 Å². The number of likely N-dealkylation sites (tertiary alicyclic amines) is 1. The summed E-state index contributed by atoms with van der Waals surface area (Å²) < 4.78 is 5.46. The molecule has 1 atom stereocenters. The molecule has 0 radical (unpaired) electrons. The number of nitrogens with one attached hydrogen (secondary N) is 1. The Balaban J connectivity index is 1.50. The molecule has 2 aliphatic heterocycles. The highest BCUT2D eigenvalue weighted by Gasteiger charge is 2.34. The van der Waals surface area contributed by atoms with Gasteiger partial charge in [-0.25, -0.2) is 0 Å². The van der Waals surface area contributed by atoms with Crippen LogP contribution in [0.2, 0.25) is 0 Å². The first-order valence-corrected chi connectivity index (χ1v) is 8.08. The average Bonchev–Trinajstić information content (AvgIpc) is 2.47. The van der Waals surface area contributed by atoms with E-state index in [4.69, 9.17) is 4.74 Å². The summed E-state index contributed by atoms with van der Waals surface area (Å²) in [4.78, 5) is 5.24. The van der Waals surface area contributed by atoms with Gasteiger partial charge in [0.15, 0.2) is 0 Å². The van der Waals surface area contributed by atoms with E-state index in [2.05, 4.69) is 40.2 Å². The largest absolute Gasteiger partial charge is 0.496 e. The van der Waals surface area contributed by atoms with Crippen LogP contribution in [0.3, 0.4) is 0 Å². The highest BCUT2D eigenvalue weighted by Crippen LogP contribution is 2.24. The molecular weight excluding hydrogens is 262 g/mol. The Bertz CT molecular complexity index is 453. The number of hydrogen-bond acceptors (Lipinski definition) is 4. The van der Waals surface area contributed by atoms with Gasteiger partial charge in [-0.1, -0.05) is 18.2 Å². The van der Waals surface area contributed by atoms with Gasteiger partial charge >= 0.3 is 0 Å². The lowest BCUT2D eigenvalue weighted by Gasteiger charge is -2.49. The minimum Gasteiger partial charge on any atom is -0.496 e. The Morgan fingerprint density at radius 3 is 2.67 bits per heavy atom. The lowest BCUT2D eigenvalue weighted by Crippen LogP contribution is -2.64. The van der Waals surface area contributed by atoms with E-state index >= 15 is 0 Å². The number of nitrogens with zero attached hydrogens (tertiary/aromatic N) is 2. The van der Waals surface area contributed by atoms with E-state index in [1.165, 1.54) is 31.7 Å². The normalized spacial score (nSPS) is 22.8. The zero-order chi connectivity index (χ0) is 14.7. The summed E-state index contributed by atoms with van der Waals surface area (Å²) in [5, 5.41) is 3.43. The molecule has 4 nitrogen and oxygen atoms in total. The number of piperazine rings is 1. The zero-order valence-electron chi connectivity index (χ0n) is 13.2. The highest BCUT2D eigenvalue weighted by atomic mass is 16.5. The molecule has 21 heavy (non-hydrogen) atoms. The van der Waals surface area contributed by atoms with E-state index in [9.17, 15) is 0 Å². The number of methoxy groups -OCH3 is 1. The highest BCUT2D eigenvalue weighted by molar-refractivity contribution is 5.33. The molecule has 4 heteroatoms. The van der Waals surface area contributed by atoms with Crippen molar-refractivity contribution < 1.29 is 4.74 Å². The van der Waals surface area contributed by atoms with Gasteiger partial charge in [-0.3, -0.25) is 9.80 Å². The molecule has 0 saturated carbocycles. The minimum absolute atomic E-state index is 0.584. The fraction of sp³-hybridized carbons (Fsp3) is 0.647. The van der Waals surface area contributed by atoms with Crippen molar-refractivity contribution in [2.24, 2.45) is 0 Å². The fourth-order valence-corrected chi connectivity index (χ4v) is 3.44. The Morgan fingerprint density at radius 1 is 1.24 bits per heavy atom. The van der Waals surface area contributed by atoms with Gasteiger partial charge in [0.05, 0.1) is 7.11 Å². The standard InChI is InChI=1S/C17H27N3O/c1-14(11-15-5-3-4-6-17(15)21-2)20-12-16(13-20)19-9-7-18-8-10-19/h3-6,14,16,18H,7-13H2,1-2H3. The number of para-hydroxylation sites is 1. The SMILES string of the molecule is COc1ccccc1CC(C)N1CC(N2CCNCC2)C1. The summed E-state index contributed by atoms with van der Waals surface area (Å²) in [7, 11) is 1.76. The molecule has 1 aromatic carbocycles. The fourth-order valence-electron chi connectivity index (χ4n) is 3.44. The van der Waals surface area contributed by atoms with Crippen molar-refractivity contribution in [2.45, 2.75) is 25.4 Å². The third-order valence-electron chi connectivity index (χ3n) is 4.89. The first-order valence-electron chi connectivity index (χ1n) is 8.08. The van der Waals surface area contributed by atoms with Gasteiger partial charge in [-0.05, 0) is 25.0 Å². The van der Waals surface area contributed by atoms with Gasteiger partial charge in [0.1, 0.15) is 5.75 Å². The van der Waals surface area contributed by atoms with Crippen LogP contribution in [-0.2, 0) is 6.42 Å². The number of rotatable bonds is 5. The number of hydrogen-bond donors (Lipinski definition) is 1. The second kappa shape index (κ2) is 6.77. The van der Waals surface area contributed by atoms with Crippen LogP contribution in [0.25, 0.3) is 0 Å². The summed E-state index contributed by atoms with van der Waals surface area (Å²) in [6, 6.07) is 9.74.